The summed E-state index contributed by atoms with van der Waals surface area (Å²) < 4.78 is 0. The summed E-state index contributed by atoms with van der Waals surface area (Å²) in [4.78, 5) is 0. The molecule has 82 valence electrons. The lowest BCUT2D eigenvalue weighted by molar-refractivity contribution is 0.282. The quantitative estimate of drug-likeness (QED) is 0.606. The van der Waals surface area contributed by atoms with Gasteiger partial charge in [-0.3, -0.25) is 0 Å². The van der Waals surface area contributed by atoms with Gasteiger partial charge in [0, 0.05) is 13.2 Å². The second-order valence-corrected chi connectivity index (χ2v) is 3.16. The highest BCUT2D eigenvalue weighted by Gasteiger charge is 1.88. The fraction of sp³-hybridized carbons (Fsp3) is 1.00. The van der Waals surface area contributed by atoms with Gasteiger partial charge in [0.1, 0.15) is 0 Å². The summed E-state index contributed by atoms with van der Waals surface area (Å²) in [6, 6.07) is 0. The molecule has 0 aromatic rings. The van der Waals surface area contributed by atoms with Crippen LogP contribution in [0.4, 0.5) is 0 Å². The molecular formula is C11H26O2. The molecule has 0 aromatic carbocycles. The van der Waals surface area contributed by atoms with E-state index in [0.717, 1.165) is 6.42 Å². The van der Waals surface area contributed by atoms with Gasteiger partial charge >= 0.3 is 0 Å². The van der Waals surface area contributed by atoms with Gasteiger partial charge in [0.15, 0.2) is 0 Å². The Hall–Kier alpha value is -0.0800. The van der Waals surface area contributed by atoms with Crippen LogP contribution in [0, 0.1) is 0 Å². The van der Waals surface area contributed by atoms with Crippen LogP contribution in [0.5, 0.6) is 0 Å². The van der Waals surface area contributed by atoms with Gasteiger partial charge in [-0.05, 0) is 13.3 Å². The zero-order chi connectivity index (χ0) is 10.4. The topological polar surface area (TPSA) is 40.5 Å². The first-order valence-electron chi connectivity index (χ1n) is 5.55. The van der Waals surface area contributed by atoms with E-state index < -0.39 is 0 Å². The van der Waals surface area contributed by atoms with Gasteiger partial charge in [-0.15, -0.1) is 0 Å². The third kappa shape index (κ3) is 24.5. The van der Waals surface area contributed by atoms with Gasteiger partial charge in [0.25, 0.3) is 0 Å². The number of rotatable bonds is 7. The third-order valence-electron chi connectivity index (χ3n) is 1.76. The van der Waals surface area contributed by atoms with Crippen molar-refractivity contribution in [3.05, 3.63) is 0 Å². The predicted molar refractivity (Wildman–Crippen MR) is 57.8 cm³/mol. The van der Waals surface area contributed by atoms with Gasteiger partial charge in [0.2, 0.25) is 0 Å². The lowest BCUT2D eigenvalue weighted by Crippen LogP contribution is -1.83. The van der Waals surface area contributed by atoms with Crippen molar-refractivity contribution >= 4 is 0 Å². The molecule has 0 amide bonds. The summed E-state index contributed by atoms with van der Waals surface area (Å²) in [6.45, 7) is 4.53. The van der Waals surface area contributed by atoms with E-state index >= 15 is 0 Å². The first kappa shape index (κ1) is 15.4. The summed E-state index contributed by atoms with van der Waals surface area (Å²) in [5.74, 6) is 0. The van der Waals surface area contributed by atoms with Crippen molar-refractivity contribution in [1.29, 1.82) is 0 Å². The molecule has 2 nitrogen and oxygen atoms in total. The van der Waals surface area contributed by atoms with Crippen molar-refractivity contribution < 1.29 is 10.2 Å². The van der Waals surface area contributed by atoms with Crippen molar-refractivity contribution in [2.75, 3.05) is 13.2 Å². The Balaban J connectivity index is 0. The van der Waals surface area contributed by atoms with E-state index in [0.29, 0.717) is 6.61 Å². The highest BCUT2D eigenvalue weighted by atomic mass is 16.3. The molecule has 0 fully saturated rings. The SMILES string of the molecule is CCCCCCCCCO.CCO. The molecule has 0 bridgehead atoms. The Morgan fingerprint density at radius 2 is 1.08 bits per heavy atom. The Labute approximate surface area is 83.0 Å². The summed E-state index contributed by atoms with van der Waals surface area (Å²) >= 11 is 0. The van der Waals surface area contributed by atoms with E-state index in [9.17, 15) is 0 Å². The van der Waals surface area contributed by atoms with Crippen LogP contribution in [0.2, 0.25) is 0 Å². The van der Waals surface area contributed by atoms with E-state index in [-0.39, 0.29) is 6.61 Å². The van der Waals surface area contributed by atoms with Crippen LogP contribution < -0.4 is 0 Å². The molecule has 0 atom stereocenters. The van der Waals surface area contributed by atoms with Gasteiger partial charge < -0.3 is 10.2 Å². The Kier molecular flexibility index (Phi) is 21.2. The number of aliphatic hydroxyl groups excluding tert-OH is 2. The van der Waals surface area contributed by atoms with Crippen LogP contribution in [0.3, 0.4) is 0 Å². The minimum atomic E-state index is 0.250. The van der Waals surface area contributed by atoms with Gasteiger partial charge in [0.05, 0.1) is 0 Å². The standard InChI is InChI=1S/C9H20O.C2H6O/c1-2-3-4-5-6-7-8-9-10;1-2-3/h10H,2-9H2,1H3;3H,2H2,1H3. The molecule has 0 spiro atoms. The third-order valence-corrected chi connectivity index (χ3v) is 1.76. The lowest BCUT2D eigenvalue weighted by Gasteiger charge is -1.97. The van der Waals surface area contributed by atoms with E-state index in [2.05, 4.69) is 6.92 Å². The van der Waals surface area contributed by atoms with Gasteiger partial charge in [-0.2, -0.15) is 0 Å². The van der Waals surface area contributed by atoms with Crippen molar-refractivity contribution in [3.8, 4) is 0 Å². The molecular weight excluding hydrogens is 164 g/mol. The van der Waals surface area contributed by atoms with E-state index in [4.69, 9.17) is 10.2 Å². The Bertz CT molecular complexity index is 57.1. The fourth-order valence-electron chi connectivity index (χ4n) is 1.07. The predicted octanol–water partition coefficient (Wildman–Crippen LogP) is 2.73. The van der Waals surface area contributed by atoms with Crippen LogP contribution in [0.25, 0.3) is 0 Å². The molecule has 0 aliphatic heterocycles. The van der Waals surface area contributed by atoms with Gasteiger partial charge in [-0.25, -0.2) is 0 Å². The van der Waals surface area contributed by atoms with E-state index in [1.807, 2.05) is 0 Å². The average molecular weight is 190 g/mol. The van der Waals surface area contributed by atoms with Crippen molar-refractivity contribution in [2.24, 2.45) is 0 Å². The maximum Gasteiger partial charge on any atom is 0.0431 e. The Morgan fingerprint density at radius 1 is 0.692 bits per heavy atom. The van der Waals surface area contributed by atoms with Crippen LogP contribution >= 0.6 is 0 Å². The van der Waals surface area contributed by atoms with Crippen LogP contribution in [-0.4, -0.2) is 23.4 Å². The second-order valence-electron chi connectivity index (χ2n) is 3.16. The smallest absolute Gasteiger partial charge is 0.0431 e. The molecule has 0 radical (unpaired) electrons. The Morgan fingerprint density at radius 3 is 1.46 bits per heavy atom. The highest BCUT2D eigenvalue weighted by molar-refractivity contribution is 4.43. The first-order valence-corrected chi connectivity index (χ1v) is 5.55. The lowest BCUT2D eigenvalue weighted by atomic mass is 10.1. The van der Waals surface area contributed by atoms with E-state index in [1.165, 1.54) is 38.5 Å². The molecule has 2 heteroatoms. The number of hydrogen-bond donors (Lipinski definition) is 2. The van der Waals surface area contributed by atoms with E-state index in [1.54, 1.807) is 6.92 Å². The number of aliphatic hydroxyl groups is 2. The largest absolute Gasteiger partial charge is 0.397 e. The zero-order valence-corrected chi connectivity index (χ0v) is 9.26. The molecule has 0 aliphatic carbocycles. The normalized spacial score (nSPS) is 9.23. The van der Waals surface area contributed by atoms with Crippen LogP contribution in [0.1, 0.15) is 58.8 Å². The fourth-order valence-corrected chi connectivity index (χ4v) is 1.07. The van der Waals surface area contributed by atoms with Crippen molar-refractivity contribution in [3.63, 3.8) is 0 Å². The molecule has 0 aromatic heterocycles. The summed E-state index contributed by atoms with van der Waals surface area (Å²) in [6.07, 6.45) is 8.93. The minimum Gasteiger partial charge on any atom is -0.397 e. The second kappa shape index (κ2) is 17.9. The summed E-state index contributed by atoms with van der Waals surface area (Å²) in [5.41, 5.74) is 0. The summed E-state index contributed by atoms with van der Waals surface area (Å²) in [7, 11) is 0. The van der Waals surface area contributed by atoms with Crippen molar-refractivity contribution in [2.45, 2.75) is 58.8 Å². The maximum atomic E-state index is 8.47. The molecule has 13 heavy (non-hydrogen) atoms. The molecule has 2 N–H and O–H groups in total. The first-order chi connectivity index (χ1) is 6.33. The minimum absolute atomic E-state index is 0.250. The average Bonchev–Trinajstić information content (AvgIpc) is 2.13. The highest BCUT2D eigenvalue weighted by Crippen LogP contribution is 2.05. The number of unbranched alkanes of at least 4 members (excludes halogenated alkanes) is 6. The van der Waals surface area contributed by atoms with Crippen LogP contribution in [-0.2, 0) is 0 Å². The molecule has 0 saturated carbocycles. The molecule has 0 saturated heterocycles. The molecule has 0 rings (SSSR count). The van der Waals surface area contributed by atoms with Gasteiger partial charge in [-0.1, -0.05) is 45.4 Å². The summed E-state index contributed by atoms with van der Waals surface area (Å²) in [5, 5.41) is 16.0. The molecule has 0 aliphatic rings. The van der Waals surface area contributed by atoms with Crippen molar-refractivity contribution in [1.82, 2.24) is 0 Å². The zero-order valence-electron chi connectivity index (χ0n) is 9.26. The monoisotopic (exact) mass is 190 g/mol. The van der Waals surface area contributed by atoms with Crippen LogP contribution in [0.15, 0.2) is 0 Å². The molecule has 0 unspecified atom stereocenters. The number of hydrogen-bond acceptors (Lipinski definition) is 2. The maximum absolute atomic E-state index is 8.47. The molecule has 0 heterocycles.